The average Bonchev–Trinajstić information content (AvgIpc) is 2.86. The minimum Gasteiger partial charge on any atom is -0.493 e. The third kappa shape index (κ3) is 5.25. The first-order chi connectivity index (χ1) is 16.8. The first kappa shape index (κ1) is 23.8. The van der Waals surface area contributed by atoms with E-state index in [9.17, 15) is 17.6 Å². The number of hydrogen-bond donors (Lipinski definition) is 2. The molecule has 0 aliphatic rings. The predicted octanol–water partition coefficient (Wildman–Crippen LogP) is 3.64. The summed E-state index contributed by atoms with van der Waals surface area (Å²) >= 11 is 0. The van der Waals surface area contributed by atoms with Gasteiger partial charge in [-0.2, -0.15) is 13.2 Å². The molecule has 9 nitrogen and oxygen atoms in total. The smallest absolute Gasteiger partial charge is 0.276 e. The number of para-hydroxylation sites is 1. The van der Waals surface area contributed by atoms with Crippen LogP contribution < -0.4 is 25.2 Å². The van der Waals surface area contributed by atoms with Crippen LogP contribution in [0.15, 0.2) is 87.2 Å². The number of carbonyl (C=O) groups is 1. The van der Waals surface area contributed by atoms with Crippen LogP contribution in [-0.4, -0.2) is 28.5 Å². The van der Waals surface area contributed by atoms with Crippen molar-refractivity contribution in [2.45, 2.75) is 4.90 Å². The second-order valence-corrected chi connectivity index (χ2v) is 8.85. The molecular formula is C24H20FN3O6S. The third-order valence-electron chi connectivity index (χ3n) is 4.92. The van der Waals surface area contributed by atoms with E-state index in [4.69, 9.17) is 13.9 Å². The van der Waals surface area contributed by atoms with Gasteiger partial charge in [0.15, 0.2) is 11.5 Å². The predicted molar refractivity (Wildman–Crippen MR) is 126 cm³/mol. The van der Waals surface area contributed by atoms with Crippen LogP contribution in [0.2, 0.25) is 0 Å². The summed E-state index contributed by atoms with van der Waals surface area (Å²) in [7, 11) is -1.36. The van der Waals surface area contributed by atoms with Gasteiger partial charge >= 0.3 is 0 Å². The van der Waals surface area contributed by atoms with Crippen molar-refractivity contribution in [3.8, 4) is 11.5 Å². The summed E-state index contributed by atoms with van der Waals surface area (Å²) in [5.74, 6) is -0.641. The average molecular weight is 498 g/mol. The number of carbonyl (C=O) groups excluding carboxylic acids is 1. The van der Waals surface area contributed by atoms with Crippen LogP contribution in [0.5, 0.6) is 11.5 Å². The van der Waals surface area contributed by atoms with Gasteiger partial charge in [-0.25, -0.2) is 4.39 Å². The fourth-order valence-electron chi connectivity index (χ4n) is 3.22. The quantitative estimate of drug-likeness (QED) is 0.377. The topological polar surface area (TPSA) is 119 Å². The lowest BCUT2D eigenvalue weighted by Gasteiger charge is -2.10. The highest BCUT2D eigenvalue weighted by Gasteiger charge is 2.18. The monoisotopic (exact) mass is 497 g/mol. The molecule has 0 saturated heterocycles. The summed E-state index contributed by atoms with van der Waals surface area (Å²) < 4.78 is 55.3. The lowest BCUT2D eigenvalue weighted by molar-refractivity contribution is 0.102. The summed E-state index contributed by atoms with van der Waals surface area (Å²) in [5, 5.41) is 7.01. The number of hydrogen-bond acceptors (Lipinski definition) is 7. The molecule has 0 aliphatic carbocycles. The van der Waals surface area contributed by atoms with E-state index in [0.717, 1.165) is 6.07 Å². The Labute approximate surface area is 199 Å². The molecule has 180 valence electrons. The van der Waals surface area contributed by atoms with Crippen molar-refractivity contribution in [1.29, 1.82) is 0 Å². The zero-order valence-electron chi connectivity index (χ0n) is 18.6. The molecule has 35 heavy (non-hydrogen) atoms. The molecule has 0 spiro atoms. The Kier molecular flexibility index (Phi) is 6.69. The fourth-order valence-corrected chi connectivity index (χ4v) is 4.04. The van der Waals surface area contributed by atoms with Crippen LogP contribution in [0.4, 0.5) is 10.1 Å². The molecular weight excluding hydrogens is 477 g/mol. The maximum absolute atomic E-state index is 13.5. The van der Waals surface area contributed by atoms with Crippen LogP contribution in [-0.2, 0) is 10.0 Å². The highest BCUT2D eigenvalue weighted by molar-refractivity contribution is 7.89. The van der Waals surface area contributed by atoms with Gasteiger partial charge in [0.25, 0.3) is 15.9 Å². The van der Waals surface area contributed by atoms with Gasteiger partial charge in [-0.15, -0.1) is 5.10 Å². The summed E-state index contributed by atoms with van der Waals surface area (Å²) in [4.78, 5) is 14.9. The standard InChI is InChI=1S/C24H20FN3O6S/c1-32-21-11-10-18(14-22(21)33-2)35(30,31)28-27-24-19(12-15-6-3-4-9-20(15)34-24)23(29)26-17-8-5-7-16(25)13-17/h3-14,28H,1-2H3,(H,26,29)/b27-24+. The van der Waals surface area contributed by atoms with Gasteiger partial charge in [0.1, 0.15) is 17.0 Å². The van der Waals surface area contributed by atoms with Crippen LogP contribution >= 0.6 is 0 Å². The Hall–Kier alpha value is -4.38. The molecule has 0 unspecified atom stereocenters. The van der Waals surface area contributed by atoms with Gasteiger partial charge < -0.3 is 19.2 Å². The molecule has 0 aliphatic heterocycles. The van der Waals surface area contributed by atoms with E-state index < -0.39 is 21.7 Å². The Morgan fingerprint density at radius 1 is 0.943 bits per heavy atom. The Morgan fingerprint density at radius 2 is 1.71 bits per heavy atom. The minimum absolute atomic E-state index is 0.0667. The number of halogens is 1. The molecule has 0 atom stereocenters. The maximum Gasteiger partial charge on any atom is 0.276 e. The first-order valence-corrected chi connectivity index (χ1v) is 11.7. The number of methoxy groups -OCH3 is 2. The molecule has 2 N–H and O–H groups in total. The maximum atomic E-state index is 13.5. The molecule has 0 fully saturated rings. The number of nitrogens with zero attached hydrogens (tertiary/aromatic N) is 1. The lowest BCUT2D eigenvalue weighted by atomic mass is 10.1. The first-order valence-electron chi connectivity index (χ1n) is 10.2. The van der Waals surface area contributed by atoms with Crippen molar-refractivity contribution in [3.63, 3.8) is 0 Å². The third-order valence-corrected chi connectivity index (χ3v) is 6.12. The highest BCUT2D eigenvalue weighted by atomic mass is 32.2. The van der Waals surface area contributed by atoms with Crippen molar-refractivity contribution < 1.29 is 31.5 Å². The van der Waals surface area contributed by atoms with Gasteiger partial charge in [-0.1, -0.05) is 24.3 Å². The molecule has 1 aromatic heterocycles. The van der Waals surface area contributed by atoms with Crippen LogP contribution in [0.1, 0.15) is 10.4 Å². The Balaban J connectivity index is 1.74. The van der Waals surface area contributed by atoms with Crippen molar-refractivity contribution in [1.82, 2.24) is 4.83 Å². The zero-order valence-corrected chi connectivity index (χ0v) is 19.4. The Morgan fingerprint density at radius 3 is 2.46 bits per heavy atom. The summed E-state index contributed by atoms with van der Waals surface area (Å²) in [5.41, 5.74) is 0.225. The highest BCUT2D eigenvalue weighted by Crippen LogP contribution is 2.29. The van der Waals surface area contributed by atoms with E-state index in [1.165, 1.54) is 56.7 Å². The lowest BCUT2D eigenvalue weighted by Crippen LogP contribution is -2.27. The van der Waals surface area contributed by atoms with Crippen molar-refractivity contribution in [2.75, 3.05) is 19.5 Å². The molecule has 1 amide bonds. The molecule has 3 aromatic carbocycles. The van der Waals surface area contributed by atoms with Crippen LogP contribution in [0.3, 0.4) is 0 Å². The number of sulfonamides is 1. The normalized spacial score (nSPS) is 11.8. The van der Waals surface area contributed by atoms with Crippen LogP contribution in [0.25, 0.3) is 11.0 Å². The second kappa shape index (κ2) is 9.85. The molecule has 4 aromatic rings. The van der Waals surface area contributed by atoms with Gasteiger partial charge in [0.05, 0.1) is 19.1 Å². The number of nitrogens with one attached hydrogen (secondary N) is 2. The van der Waals surface area contributed by atoms with Crippen LogP contribution in [0, 0.1) is 5.82 Å². The number of amides is 1. The number of anilines is 1. The molecule has 11 heteroatoms. The van der Waals surface area contributed by atoms with Gasteiger partial charge in [0, 0.05) is 17.1 Å². The molecule has 0 saturated carbocycles. The van der Waals surface area contributed by atoms with Gasteiger partial charge in [-0.05, 0) is 42.5 Å². The Bertz CT molecular complexity index is 1580. The SMILES string of the molecule is COc1ccc(S(=O)(=O)N/N=c2/oc3ccccc3cc2C(=O)Nc2cccc(F)c2)cc1OC. The number of benzene rings is 3. The van der Waals surface area contributed by atoms with Crippen molar-refractivity contribution in [3.05, 3.63) is 89.7 Å². The van der Waals surface area contributed by atoms with Gasteiger partial charge in [0.2, 0.25) is 5.55 Å². The summed E-state index contributed by atoms with van der Waals surface area (Å²) in [6, 6.07) is 17.7. The van der Waals surface area contributed by atoms with E-state index in [1.54, 1.807) is 24.3 Å². The minimum atomic E-state index is -4.17. The summed E-state index contributed by atoms with van der Waals surface area (Å²) in [6.07, 6.45) is 0. The molecule has 0 bridgehead atoms. The van der Waals surface area contributed by atoms with Crippen molar-refractivity contribution in [2.24, 2.45) is 5.10 Å². The number of fused-ring (bicyclic) bond motifs is 1. The van der Waals surface area contributed by atoms with E-state index in [0.29, 0.717) is 16.7 Å². The van der Waals surface area contributed by atoms with E-state index >= 15 is 0 Å². The second-order valence-electron chi connectivity index (χ2n) is 7.19. The van der Waals surface area contributed by atoms with Gasteiger partial charge in [-0.3, -0.25) is 4.79 Å². The fraction of sp³-hybridized carbons (Fsp3) is 0.0833. The van der Waals surface area contributed by atoms with E-state index in [-0.39, 0.29) is 27.4 Å². The van der Waals surface area contributed by atoms with E-state index in [2.05, 4.69) is 15.2 Å². The molecule has 4 rings (SSSR count). The number of rotatable bonds is 7. The molecule has 0 radical (unpaired) electrons. The number of ether oxygens (including phenoxy) is 2. The summed E-state index contributed by atoms with van der Waals surface area (Å²) in [6.45, 7) is 0. The van der Waals surface area contributed by atoms with Crippen molar-refractivity contribution >= 4 is 32.6 Å². The van der Waals surface area contributed by atoms with E-state index in [1.807, 2.05) is 0 Å². The zero-order chi connectivity index (χ0) is 25.0. The largest absolute Gasteiger partial charge is 0.493 e. The molecule has 1 heterocycles.